The topological polar surface area (TPSA) is 31.4 Å². The van der Waals surface area contributed by atoms with Crippen molar-refractivity contribution in [1.29, 1.82) is 0 Å². The van der Waals surface area contributed by atoms with Crippen molar-refractivity contribution in [3.8, 4) is 0 Å². The van der Waals surface area contributed by atoms with Crippen LogP contribution in [0, 0.1) is 0 Å². The molecule has 0 aliphatic carbocycles. The molecular formula is C14H26N4. The fraction of sp³-hybridized carbons (Fsp3) is 0.643. The summed E-state index contributed by atoms with van der Waals surface area (Å²) in [7, 11) is 6.20. The Balaban J connectivity index is 2.68. The third-order valence-corrected chi connectivity index (χ3v) is 2.95. The fourth-order valence-electron chi connectivity index (χ4n) is 2.04. The van der Waals surface area contributed by atoms with Crippen LogP contribution < -0.4 is 10.2 Å². The molecular weight excluding hydrogens is 224 g/mol. The van der Waals surface area contributed by atoms with Crippen molar-refractivity contribution in [2.45, 2.75) is 19.9 Å². The zero-order chi connectivity index (χ0) is 13.4. The van der Waals surface area contributed by atoms with Crippen molar-refractivity contribution in [3.05, 3.63) is 23.9 Å². The molecule has 4 nitrogen and oxygen atoms in total. The van der Waals surface area contributed by atoms with Crippen molar-refractivity contribution < 1.29 is 0 Å². The summed E-state index contributed by atoms with van der Waals surface area (Å²) in [6.45, 7) is 6.23. The third-order valence-electron chi connectivity index (χ3n) is 2.95. The summed E-state index contributed by atoms with van der Waals surface area (Å²) in [5.74, 6) is 1.12. The van der Waals surface area contributed by atoms with Gasteiger partial charge in [0, 0.05) is 31.4 Å². The standard InChI is InChI=1S/C14H26N4/c1-5-18(11-7-10-17(3)4)14-13(12-15-2)8-6-9-16-14/h6,8-9,15H,5,7,10-12H2,1-4H3. The summed E-state index contributed by atoms with van der Waals surface area (Å²) < 4.78 is 0. The largest absolute Gasteiger partial charge is 0.357 e. The van der Waals surface area contributed by atoms with Crippen molar-refractivity contribution in [1.82, 2.24) is 15.2 Å². The number of nitrogens with zero attached hydrogens (tertiary/aromatic N) is 3. The first-order valence-electron chi connectivity index (χ1n) is 6.67. The molecule has 0 atom stereocenters. The summed E-state index contributed by atoms with van der Waals surface area (Å²) in [5, 5.41) is 3.20. The van der Waals surface area contributed by atoms with E-state index in [0.717, 1.165) is 38.4 Å². The van der Waals surface area contributed by atoms with Gasteiger partial charge in [-0.25, -0.2) is 4.98 Å². The minimum absolute atomic E-state index is 0.868. The molecule has 0 aliphatic rings. The Bertz CT molecular complexity index is 338. The maximum absolute atomic E-state index is 4.54. The fourth-order valence-corrected chi connectivity index (χ4v) is 2.04. The molecule has 1 aromatic heterocycles. The Morgan fingerprint density at radius 1 is 1.28 bits per heavy atom. The second-order valence-electron chi connectivity index (χ2n) is 4.75. The Labute approximate surface area is 111 Å². The van der Waals surface area contributed by atoms with Gasteiger partial charge in [-0.15, -0.1) is 0 Å². The van der Waals surface area contributed by atoms with E-state index >= 15 is 0 Å². The van der Waals surface area contributed by atoms with Crippen LogP contribution in [0.5, 0.6) is 0 Å². The third kappa shape index (κ3) is 4.63. The maximum atomic E-state index is 4.54. The first-order valence-corrected chi connectivity index (χ1v) is 6.67. The highest BCUT2D eigenvalue weighted by atomic mass is 15.2. The van der Waals surface area contributed by atoms with Crippen LogP contribution in [-0.4, -0.2) is 50.7 Å². The molecule has 1 heterocycles. The number of hydrogen-bond acceptors (Lipinski definition) is 4. The molecule has 0 spiro atoms. The van der Waals surface area contributed by atoms with E-state index in [4.69, 9.17) is 0 Å². The first-order chi connectivity index (χ1) is 8.69. The molecule has 0 amide bonds. The van der Waals surface area contributed by atoms with Crippen LogP contribution in [0.4, 0.5) is 5.82 Å². The SMILES string of the molecule is CCN(CCCN(C)C)c1ncccc1CNC. The van der Waals surface area contributed by atoms with E-state index in [1.807, 2.05) is 19.3 Å². The van der Waals surface area contributed by atoms with Crippen LogP contribution in [0.2, 0.25) is 0 Å². The summed E-state index contributed by atoms with van der Waals surface area (Å²) in [6.07, 6.45) is 3.04. The summed E-state index contributed by atoms with van der Waals surface area (Å²) in [5.41, 5.74) is 1.27. The highest BCUT2D eigenvalue weighted by Gasteiger charge is 2.10. The van der Waals surface area contributed by atoms with Gasteiger partial charge in [0.2, 0.25) is 0 Å². The molecule has 1 aromatic rings. The molecule has 1 N–H and O–H groups in total. The predicted octanol–water partition coefficient (Wildman–Crippen LogP) is 1.58. The first kappa shape index (κ1) is 14.9. The number of nitrogens with one attached hydrogen (secondary N) is 1. The average molecular weight is 250 g/mol. The highest BCUT2D eigenvalue weighted by molar-refractivity contribution is 5.46. The molecule has 0 bridgehead atoms. The van der Waals surface area contributed by atoms with Crippen molar-refractivity contribution >= 4 is 5.82 Å². The number of aromatic nitrogens is 1. The second-order valence-corrected chi connectivity index (χ2v) is 4.75. The smallest absolute Gasteiger partial charge is 0.132 e. The number of hydrogen-bond donors (Lipinski definition) is 1. The lowest BCUT2D eigenvalue weighted by Gasteiger charge is -2.25. The Kier molecular flexibility index (Phi) is 6.68. The van der Waals surface area contributed by atoms with E-state index in [-0.39, 0.29) is 0 Å². The van der Waals surface area contributed by atoms with Gasteiger partial charge in [-0.2, -0.15) is 0 Å². The number of pyridine rings is 1. The van der Waals surface area contributed by atoms with Gasteiger partial charge in [0.1, 0.15) is 5.82 Å². The minimum atomic E-state index is 0.868. The number of anilines is 1. The van der Waals surface area contributed by atoms with Crippen LogP contribution in [0.15, 0.2) is 18.3 Å². The Morgan fingerprint density at radius 3 is 2.67 bits per heavy atom. The van der Waals surface area contributed by atoms with Crippen LogP contribution in [0.1, 0.15) is 18.9 Å². The molecule has 0 radical (unpaired) electrons. The van der Waals surface area contributed by atoms with E-state index in [0.29, 0.717) is 0 Å². The lowest BCUT2D eigenvalue weighted by atomic mass is 10.2. The van der Waals surface area contributed by atoms with E-state index in [1.165, 1.54) is 5.56 Å². The zero-order valence-electron chi connectivity index (χ0n) is 12.1. The summed E-state index contributed by atoms with van der Waals surface area (Å²) >= 11 is 0. The summed E-state index contributed by atoms with van der Waals surface area (Å²) in [4.78, 5) is 9.12. The molecule has 18 heavy (non-hydrogen) atoms. The molecule has 0 unspecified atom stereocenters. The minimum Gasteiger partial charge on any atom is -0.357 e. The molecule has 0 fully saturated rings. The van der Waals surface area contributed by atoms with Crippen LogP contribution >= 0.6 is 0 Å². The van der Waals surface area contributed by atoms with Gasteiger partial charge < -0.3 is 15.1 Å². The van der Waals surface area contributed by atoms with Gasteiger partial charge in [-0.1, -0.05) is 6.07 Å². The molecule has 4 heteroatoms. The van der Waals surface area contributed by atoms with Crippen molar-refractivity contribution in [2.75, 3.05) is 45.7 Å². The molecule has 0 aromatic carbocycles. The summed E-state index contributed by atoms with van der Waals surface area (Å²) in [6, 6.07) is 4.15. The molecule has 102 valence electrons. The van der Waals surface area contributed by atoms with Crippen LogP contribution in [0.25, 0.3) is 0 Å². The van der Waals surface area contributed by atoms with Crippen molar-refractivity contribution in [2.24, 2.45) is 0 Å². The highest BCUT2D eigenvalue weighted by Crippen LogP contribution is 2.17. The van der Waals surface area contributed by atoms with Gasteiger partial charge in [0.05, 0.1) is 0 Å². The Hall–Kier alpha value is -1.13. The molecule has 0 aliphatic heterocycles. The lowest BCUT2D eigenvalue weighted by molar-refractivity contribution is 0.400. The van der Waals surface area contributed by atoms with E-state index in [1.54, 1.807) is 0 Å². The van der Waals surface area contributed by atoms with Gasteiger partial charge in [-0.05, 0) is 47.1 Å². The molecule has 0 saturated carbocycles. The number of rotatable bonds is 8. The van der Waals surface area contributed by atoms with Gasteiger partial charge in [0.15, 0.2) is 0 Å². The zero-order valence-corrected chi connectivity index (χ0v) is 12.1. The van der Waals surface area contributed by atoms with E-state index in [9.17, 15) is 0 Å². The van der Waals surface area contributed by atoms with E-state index in [2.05, 4.69) is 47.2 Å². The van der Waals surface area contributed by atoms with Gasteiger partial charge in [-0.3, -0.25) is 0 Å². The normalized spacial score (nSPS) is 10.9. The second kappa shape index (κ2) is 8.06. The van der Waals surface area contributed by atoms with Crippen LogP contribution in [0.3, 0.4) is 0 Å². The Morgan fingerprint density at radius 2 is 2.06 bits per heavy atom. The maximum Gasteiger partial charge on any atom is 0.132 e. The van der Waals surface area contributed by atoms with Gasteiger partial charge in [0.25, 0.3) is 0 Å². The quantitative estimate of drug-likeness (QED) is 0.759. The average Bonchev–Trinajstić information content (AvgIpc) is 2.36. The molecule has 1 rings (SSSR count). The van der Waals surface area contributed by atoms with Crippen molar-refractivity contribution in [3.63, 3.8) is 0 Å². The lowest BCUT2D eigenvalue weighted by Crippen LogP contribution is -2.29. The van der Waals surface area contributed by atoms with Crippen LogP contribution in [-0.2, 0) is 6.54 Å². The van der Waals surface area contributed by atoms with Gasteiger partial charge >= 0.3 is 0 Å². The predicted molar refractivity (Wildman–Crippen MR) is 78.1 cm³/mol. The van der Waals surface area contributed by atoms with E-state index < -0.39 is 0 Å². The molecule has 0 saturated heterocycles. The monoisotopic (exact) mass is 250 g/mol.